The van der Waals surface area contributed by atoms with Gasteiger partial charge in [0.25, 0.3) is 0 Å². The Balaban J connectivity index is 0.000000673. The highest BCUT2D eigenvalue weighted by molar-refractivity contribution is 5.28. The van der Waals surface area contributed by atoms with Crippen LogP contribution >= 0.6 is 0 Å². The average molecular weight is 221 g/mol. The first-order valence-corrected chi connectivity index (χ1v) is 5.90. The van der Waals surface area contributed by atoms with Gasteiger partial charge in [-0.2, -0.15) is 0 Å². The maximum Gasteiger partial charge on any atom is 0.213 e. The van der Waals surface area contributed by atoms with Crippen molar-refractivity contribution in [3.8, 4) is 5.88 Å². The monoisotopic (exact) mass is 221 g/mol. The van der Waals surface area contributed by atoms with Gasteiger partial charge >= 0.3 is 0 Å². The number of nitrogens with zero attached hydrogens (tertiary/aromatic N) is 1. The van der Waals surface area contributed by atoms with Gasteiger partial charge in [-0.15, -0.1) is 0 Å². The number of methoxy groups -OCH3 is 1. The van der Waals surface area contributed by atoms with Crippen LogP contribution in [0.15, 0.2) is 12.1 Å². The van der Waals surface area contributed by atoms with E-state index in [2.05, 4.69) is 31.8 Å². The Morgan fingerprint density at radius 3 is 2.31 bits per heavy atom. The first-order valence-electron chi connectivity index (χ1n) is 5.90. The molecule has 1 aromatic rings. The molecular formula is C14H23NO. The molecule has 0 atom stereocenters. The molecule has 1 aromatic heterocycles. The Kier molecular flexibility index (Phi) is 8.22. The molecule has 2 heteroatoms. The Morgan fingerprint density at radius 2 is 1.88 bits per heavy atom. The minimum absolute atomic E-state index is 0.672. The summed E-state index contributed by atoms with van der Waals surface area (Å²) in [5.41, 5.74) is 0. The third-order valence-corrected chi connectivity index (χ3v) is 1.85. The van der Waals surface area contributed by atoms with Crippen LogP contribution in [0.3, 0.4) is 0 Å². The summed E-state index contributed by atoms with van der Waals surface area (Å²) in [5, 5.41) is 2.16. The topological polar surface area (TPSA) is 22.1 Å². The molecule has 0 radical (unpaired) electrons. The van der Waals surface area contributed by atoms with Crippen LogP contribution < -0.4 is 15.3 Å². The summed E-state index contributed by atoms with van der Waals surface area (Å²) in [4.78, 5) is 4.34. The molecule has 0 bridgehead atoms. The third-order valence-electron chi connectivity index (χ3n) is 1.85. The van der Waals surface area contributed by atoms with Crippen LogP contribution in [0.25, 0.3) is 12.2 Å². The van der Waals surface area contributed by atoms with E-state index in [9.17, 15) is 0 Å². The van der Waals surface area contributed by atoms with E-state index in [0.717, 1.165) is 17.0 Å². The van der Waals surface area contributed by atoms with Crippen molar-refractivity contribution in [1.29, 1.82) is 0 Å². The predicted octanol–water partition coefficient (Wildman–Crippen LogP) is 2.50. The highest BCUT2D eigenvalue weighted by atomic mass is 16.5. The zero-order valence-corrected chi connectivity index (χ0v) is 11.1. The van der Waals surface area contributed by atoms with Gasteiger partial charge in [-0.3, -0.25) is 0 Å². The molecule has 0 aliphatic carbocycles. The van der Waals surface area contributed by atoms with Gasteiger partial charge in [-0.25, -0.2) is 4.98 Å². The molecule has 0 saturated heterocycles. The molecule has 0 spiro atoms. The highest BCUT2D eigenvalue weighted by Gasteiger charge is 1.91. The number of ether oxygens (including phenoxy) is 1. The molecule has 1 rings (SSSR count). The van der Waals surface area contributed by atoms with E-state index in [1.54, 1.807) is 7.11 Å². The first-order chi connectivity index (χ1) is 7.73. The molecule has 90 valence electrons. The van der Waals surface area contributed by atoms with Crippen LogP contribution in [0.2, 0.25) is 0 Å². The second-order valence-corrected chi connectivity index (χ2v) is 3.44. The molecule has 0 aliphatic rings. The number of aromatic nitrogens is 1. The lowest BCUT2D eigenvalue weighted by Crippen LogP contribution is -2.27. The quantitative estimate of drug-likeness (QED) is 0.765. The SMILES string of the molecule is C/C=c1/ccc(OC)n/c1=C/CC.CCC. The molecule has 0 N–H and O–H groups in total. The minimum Gasteiger partial charge on any atom is -0.481 e. The minimum atomic E-state index is 0.672. The van der Waals surface area contributed by atoms with Gasteiger partial charge in [0.05, 0.1) is 12.5 Å². The zero-order valence-electron chi connectivity index (χ0n) is 11.1. The third kappa shape index (κ3) is 4.96. The second kappa shape index (κ2) is 8.96. The van der Waals surface area contributed by atoms with Crippen molar-refractivity contribution in [2.24, 2.45) is 0 Å². The molecule has 0 saturated carbocycles. The van der Waals surface area contributed by atoms with Crippen molar-refractivity contribution in [3.63, 3.8) is 0 Å². The zero-order chi connectivity index (χ0) is 12.4. The Hall–Kier alpha value is -1.31. The van der Waals surface area contributed by atoms with E-state index in [-0.39, 0.29) is 0 Å². The van der Waals surface area contributed by atoms with Gasteiger partial charge in [-0.1, -0.05) is 39.3 Å². The Labute approximate surface area is 98.7 Å². The van der Waals surface area contributed by atoms with Crippen LogP contribution in [0.5, 0.6) is 5.88 Å². The number of hydrogen-bond donors (Lipinski definition) is 0. The van der Waals surface area contributed by atoms with Gasteiger partial charge in [0, 0.05) is 6.07 Å². The van der Waals surface area contributed by atoms with Gasteiger partial charge < -0.3 is 4.74 Å². The van der Waals surface area contributed by atoms with Gasteiger partial charge in [-0.05, 0) is 24.6 Å². The second-order valence-electron chi connectivity index (χ2n) is 3.44. The molecule has 2 nitrogen and oxygen atoms in total. The largest absolute Gasteiger partial charge is 0.481 e. The fourth-order valence-electron chi connectivity index (χ4n) is 1.18. The van der Waals surface area contributed by atoms with Gasteiger partial charge in [0.2, 0.25) is 5.88 Å². The molecule has 0 fully saturated rings. The smallest absolute Gasteiger partial charge is 0.213 e. The first kappa shape index (κ1) is 14.7. The molecule has 0 unspecified atom stereocenters. The molecule has 0 aliphatic heterocycles. The number of hydrogen-bond acceptors (Lipinski definition) is 2. The molecule has 0 amide bonds. The normalized spacial score (nSPS) is 12.1. The van der Waals surface area contributed by atoms with Crippen molar-refractivity contribution in [1.82, 2.24) is 4.98 Å². The fourth-order valence-corrected chi connectivity index (χ4v) is 1.18. The van der Waals surface area contributed by atoms with Crippen LogP contribution in [0.1, 0.15) is 40.5 Å². The Morgan fingerprint density at radius 1 is 1.25 bits per heavy atom. The summed E-state index contributed by atoms with van der Waals surface area (Å²) in [6, 6.07) is 3.90. The lowest BCUT2D eigenvalue weighted by atomic mass is 10.3. The van der Waals surface area contributed by atoms with Crippen LogP contribution in [0.4, 0.5) is 0 Å². The lowest BCUT2D eigenvalue weighted by Gasteiger charge is -1.97. The molecule has 16 heavy (non-hydrogen) atoms. The molecular weight excluding hydrogens is 198 g/mol. The van der Waals surface area contributed by atoms with E-state index in [1.807, 2.05) is 25.1 Å². The predicted molar refractivity (Wildman–Crippen MR) is 70.9 cm³/mol. The van der Waals surface area contributed by atoms with Crippen LogP contribution in [-0.2, 0) is 0 Å². The summed E-state index contributed by atoms with van der Waals surface area (Å²) in [5.74, 6) is 0.672. The standard InChI is InChI=1S/C11H15NO.C3H8/c1-4-6-10-9(5-2)7-8-11(12-10)13-3;1-3-2/h5-8H,4H2,1-3H3;3H2,1-2H3/b9-5-,10-6+;. The van der Waals surface area contributed by atoms with Gasteiger partial charge in [0.1, 0.15) is 0 Å². The van der Waals surface area contributed by atoms with Crippen molar-refractivity contribution >= 4 is 12.2 Å². The molecule has 1 heterocycles. The summed E-state index contributed by atoms with van der Waals surface area (Å²) in [6.45, 7) is 8.36. The van der Waals surface area contributed by atoms with E-state index >= 15 is 0 Å². The number of pyridine rings is 1. The number of rotatable bonds is 2. The van der Waals surface area contributed by atoms with Crippen molar-refractivity contribution in [3.05, 3.63) is 22.7 Å². The van der Waals surface area contributed by atoms with E-state index in [4.69, 9.17) is 4.74 Å². The van der Waals surface area contributed by atoms with E-state index < -0.39 is 0 Å². The average Bonchev–Trinajstić information content (AvgIpc) is 2.30. The van der Waals surface area contributed by atoms with Crippen molar-refractivity contribution in [2.75, 3.05) is 7.11 Å². The lowest BCUT2D eigenvalue weighted by molar-refractivity contribution is 0.396. The maximum absolute atomic E-state index is 5.06. The van der Waals surface area contributed by atoms with Crippen molar-refractivity contribution in [2.45, 2.75) is 40.5 Å². The van der Waals surface area contributed by atoms with Crippen LogP contribution in [0, 0.1) is 0 Å². The molecule has 0 aromatic carbocycles. The summed E-state index contributed by atoms with van der Waals surface area (Å²) in [6.07, 6.45) is 6.38. The highest BCUT2D eigenvalue weighted by Crippen LogP contribution is 1.96. The summed E-state index contributed by atoms with van der Waals surface area (Å²) < 4.78 is 5.06. The summed E-state index contributed by atoms with van der Waals surface area (Å²) >= 11 is 0. The van der Waals surface area contributed by atoms with Crippen LogP contribution in [-0.4, -0.2) is 12.1 Å². The van der Waals surface area contributed by atoms with E-state index in [1.165, 1.54) is 6.42 Å². The maximum atomic E-state index is 5.06. The van der Waals surface area contributed by atoms with E-state index in [0.29, 0.717) is 5.88 Å². The Bertz CT molecular complexity index is 396. The van der Waals surface area contributed by atoms with Gasteiger partial charge in [0.15, 0.2) is 0 Å². The van der Waals surface area contributed by atoms with Crippen molar-refractivity contribution < 1.29 is 4.74 Å². The summed E-state index contributed by atoms with van der Waals surface area (Å²) in [7, 11) is 1.63. The fraction of sp³-hybridized carbons (Fsp3) is 0.500.